The van der Waals surface area contributed by atoms with Gasteiger partial charge in [-0.15, -0.1) is 0 Å². The molecule has 1 aliphatic rings. The molecule has 1 fully saturated rings. The molecule has 0 spiro atoms. The molecule has 0 saturated heterocycles. The van der Waals surface area contributed by atoms with E-state index < -0.39 is 17.9 Å². The molecule has 3 rings (SSSR count). The maximum absolute atomic E-state index is 14.3. The van der Waals surface area contributed by atoms with Gasteiger partial charge in [0.05, 0.1) is 23.9 Å². The summed E-state index contributed by atoms with van der Waals surface area (Å²) in [6.07, 6.45) is 2.82. The van der Waals surface area contributed by atoms with Crippen molar-refractivity contribution < 1.29 is 28.6 Å². The average Bonchev–Trinajstić information content (AvgIpc) is 2.93. The van der Waals surface area contributed by atoms with Crippen molar-refractivity contribution in [3.8, 4) is 11.6 Å². The topological polar surface area (TPSA) is 77.8 Å². The highest BCUT2D eigenvalue weighted by Gasteiger charge is 2.30. The van der Waals surface area contributed by atoms with Gasteiger partial charge in [-0.2, -0.15) is 0 Å². The van der Waals surface area contributed by atoms with Crippen LogP contribution in [-0.2, 0) is 14.3 Å². The van der Waals surface area contributed by atoms with Gasteiger partial charge >= 0.3 is 5.97 Å². The number of ketones is 1. The smallest absolute Gasteiger partial charge is 0.340 e. The van der Waals surface area contributed by atoms with E-state index in [0.29, 0.717) is 24.1 Å². The second-order valence-corrected chi connectivity index (χ2v) is 6.63. The van der Waals surface area contributed by atoms with E-state index in [2.05, 4.69) is 0 Å². The molecule has 1 saturated carbocycles. The SMILES string of the molecule is COC(=O)c1c(C=C2CCCC(OC)C2=O)c(O)n(-c2ccccc2F)c1C. The van der Waals surface area contributed by atoms with Crippen molar-refractivity contribution in [2.75, 3.05) is 14.2 Å². The van der Waals surface area contributed by atoms with Crippen LogP contribution in [0.4, 0.5) is 4.39 Å². The molecule has 6 nitrogen and oxygen atoms in total. The Morgan fingerprint density at radius 3 is 2.68 bits per heavy atom. The molecule has 7 heteroatoms. The Kier molecular flexibility index (Phi) is 5.65. The monoisotopic (exact) mass is 387 g/mol. The van der Waals surface area contributed by atoms with Crippen LogP contribution >= 0.6 is 0 Å². The van der Waals surface area contributed by atoms with E-state index in [9.17, 15) is 19.1 Å². The first-order chi connectivity index (χ1) is 13.4. The lowest BCUT2D eigenvalue weighted by Crippen LogP contribution is -2.28. The molecule has 1 unspecified atom stereocenters. The van der Waals surface area contributed by atoms with Crippen LogP contribution in [0.15, 0.2) is 29.8 Å². The molecule has 1 aliphatic carbocycles. The number of carbonyl (C=O) groups is 2. The number of carbonyl (C=O) groups excluding carboxylic acids is 2. The summed E-state index contributed by atoms with van der Waals surface area (Å²) in [6, 6.07) is 5.91. The molecule has 1 N–H and O–H groups in total. The molecule has 1 aromatic carbocycles. The number of halogens is 1. The predicted molar refractivity (Wildman–Crippen MR) is 101 cm³/mol. The zero-order chi connectivity index (χ0) is 20.4. The highest BCUT2D eigenvalue weighted by atomic mass is 19.1. The maximum Gasteiger partial charge on any atom is 0.340 e. The molecule has 0 radical (unpaired) electrons. The number of Topliss-reactive ketones (excluding diaryl/α,β-unsaturated/α-hetero) is 1. The first-order valence-electron chi connectivity index (χ1n) is 8.95. The van der Waals surface area contributed by atoms with Crippen molar-refractivity contribution in [2.24, 2.45) is 0 Å². The third kappa shape index (κ3) is 3.33. The molecule has 0 bridgehead atoms. The van der Waals surface area contributed by atoms with Crippen LogP contribution in [0.2, 0.25) is 0 Å². The summed E-state index contributed by atoms with van der Waals surface area (Å²) in [5.41, 5.74) is 1.07. The van der Waals surface area contributed by atoms with Gasteiger partial charge in [0, 0.05) is 12.8 Å². The zero-order valence-electron chi connectivity index (χ0n) is 16.0. The maximum atomic E-state index is 14.3. The Hall–Kier alpha value is -2.93. The van der Waals surface area contributed by atoms with E-state index >= 15 is 0 Å². The molecule has 1 atom stereocenters. The number of esters is 1. The van der Waals surface area contributed by atoms with Crippen LogP contribution in [-0.4, -0.2) is 41.7 Å². The van der Waals surface area contributed by atoms with Crippen LogP contribution < -0.4 is 0 Å². The minimum Gasteiger partial charge on any atom is -0.494 e. The number of aromatic nitrogens is 1. The molecule has 28 heavy (non-hydrogen) atoms. The molecule has 1 heterocycles. The average molecular weight is 387 g/mol. The fourth-order valence-electron chi connectivity index (χ4n) is 3.60. The second-order valence-electron chi connectivity index (χ2n) is 6.63. The van der Waals surface area contributed by atoms with Gasteiger partial charge in [0.2, 0.25) is 5.88 Å². The number of aromatic hydroxyl groups is 1. The van der Waals surface area contributed by atoms with E-state index in [0.717, 1.165) is 6.42 Å². The molecular formula is C21H22FNO5. The molecule has 0 aliphatic heterocycles. The summed E-state index contributed by atoms with van der Waals surface area (Å²) in [4.78, 5) is 25.0. The number of methoxy groups -OCH3 is 2. The van der Waals surface area contributed by atoms with E-state index in [1.54, 1.807) is 13.0 Å². The minimum absolute atomic E-state index is 0.0862. The van der Waals surface area contributed by atoms with Crippen molar-refractivity contribution >= 4 is 17.8 Å². The largest absolute Gasteiger partial charge is 0.494 e. The number of ether oxygens (including phenoxy) is 2. The van der Waals surface area contributed by atoms with Gasteiger partial charge in [-0.05, 0) is 50.0 Å². The van der Waals surface area contributed by atoms with E-state index in [1.807, 2.05) is 0 Å². The standard InChI is InChI=1S/C21H22FNO5/c1-12-18(21(26)28-3)14(11-13-7-6-10-17(27-2)19(13)24)20(25)23(12)16-9-5-4-8-15(16)22/h4-5,8-9,11,17,25H,6-7,10H2,1-3H3. The van der Waals surface area contributed by atoms with Crippen LogP contribution in [0.1, 0.15) is 40.9 Å². The summed E-state index contributed by atoms with van der Waals surface area (Å²) in [6.45, 7) is 1.58. The van der Waals surface area contributed by atoms with Crippen LogP contribution in [0.3, 0.4) is 0 Å². The summed E-state index contributed by atoms with van der Waals surface area (Å²) in [7, 11) is 2.70. The third-order valence-corrected chi connectivity index (χ3v) is 5.03. The fourth-order valence-corrected chi connectivity index (χ4v) is 3.60. The Bertz CT molecular complexity index is 960. The first kappa shape index (κ1) is 19.8. The van der Waals surface area contributed by atoms with Crippen molar-refractivity contribution in [3.63, 3.8) is 0 Å². The van der Waals surface area contributed by atoms with Gasteiger partial charge in [-0.3, -0.25) is 9.36 Å². The zero-order valence-corrected chi connectivity index (χ0v) is 16.0. The molecule has 2 aromatic rings. The summed E-state index contributed by atoms with van der Waals surface area (Å²) < 4.78 is 25.7. The van der Waals surface area contributed by atoms with Gasteiger partial charge in [-0.25, -0.2) is 9.18 Å². The van der Waals surface area contributed by atoms with Crippen LogP contribution in [0, 0.1) is 12.7 Å². The van der Waals surface area contributed by atoms with Gasteiger partial charge in [0.15, 0.2) is 5.78 Å². The van der Waals surface area contributed by atoms with Crippen molar-refractivity contribution in [2.45, 2.75) is 32.3 Å². The van der Waals surface area contributed by atoms with Crippen LogP contribution in [0.25, 0.3) is 11.8 Å². The minimum atomic E-state index is -0.679. The van der Waals surface area contributed by atoms with Gasteiger partial charge in [0.1, 0.15) is 11.9 Å². The van der Waals surface area contributed by atoms with Crippen molar-refractivity contribution in [1.82, 2.24) is 4.57 Å². The molecular weight excluding hydrogens is 365 g/mol. The van der Waals surface area contributed by atoms with Crippen LogP contribution in [0.5, 0.6) is 5.88 Å². The van der Waals surface area contributed by atoms with Crippen molar-refractivity contribution in [1.29, 1.82) is 0 Å². The highest BCUT2D eigenvalue weighted by molar-refractivity contribution is 6.05. The van der Waals surface area contributed by atoms with E-state index in [4.69, 9.17) is 9.47 Å². The molecule has 1 aromatic heterocycles. The fraction of sp³-hybridized carbons (Fsp3) is 0.333. The van der Waals surface area contributed by atoms with Crippen molar-refractivity contribution in [3.05, 3.63) is 52.5 Å². The first-order valence-corrected chi connectivity index (χ1v) is 8.95. The lowest BCUT2D eigenvalue weighted by atomic mass is 9.89. The Morgan fingerprint density at radius 2 is 2.04 bits per heavy atom. The second kappa shape index (κ2) is 7.98. The lowest BCUT2D eigenvalue weighted by molar-refractivity contribution is -0.126. The normalized spacial score (nSPS) is 18.5. The van der Waals surface area contributed by atoms with Gasteiger partial charge < -0.3 is 14.6 Å². The third-order valence-electron chi connectivity index (χ3n) is 5.03. The highest BCUT2D eigenvalue weighted by Crippen LogP contribution is 2.36. The Labute approximate surface area is 162 Å². The number of para-hydroxylation sites is 1. The summed E-state index contributed by atoms with van der Waals surface area (Å²) in [5, 5.41) is 10.9. The molecule has 0 amide bonds. The predicted octanol–water partition coefficient (Wildman–Crippen LogP) is 3.57. The number of benzene rings is 1. The van der Waals surface area contributed by atoms with E-state index in [-0.39, 0.29) is 28.5 Å². The number of rotatable bonds is 4. The van der Waals surface area contributed by atoms with Gasteiger partial charge in [-0.1, -0.05) is 12.1 Å². The van der Waals surface area contributed by atoms with Gasteiger partial charge in [0.25, 0.3) is 0 Å². The Balaban J connectivity index is 2.22. The lowest BCUT2D eigenvalue weighted by Gasteiger charge is -2.21. The summed E-state index contributed by atoms with van der Waals surface area (Å²) >= 11 is 0. The summed E-state index contributed by atoms with van der Waals surface area (Å²) in [5.74, 6) is -1.75. The Morgan fingerprint density at radius 1 is 1.32 bits per heavy atom. The number of hydrogen-bond donors (Lipinski definition) is 1. The number of nitrogens with zero attached hydrogens (tertiary/aromatic N) is 1. The number of hydrogen-bond acceptors (Lipinski definition) is 5. The molecule has 148 valence electrons. The van der Waals surface area contributed by atoms with E-state index in [1.165, 1.54) is 43.1 Å². The quantitative estimate of drug-likeness (QED) is 0.641.